The van der Waals surface area contributed by atoms with Gasteiger partial charge in [-0.15, -0.1) is 10.2 Å². The molecule has 0 radical (unpaired) electrons. The van der Waals surface area contributed by atoms with Crippen molar-refractivity contribution in [2.45, 2.75) is 25.7 Å². The quantitative estimate of drug-likeness (QED) is 0.461. The van der Waals surface area contributed by atoms with Crippen molar-refractivity contribution in [3.63, 3.8) is 0 Å². The van der Waals surface area contributed by atoms with E-state index in [1.165, 1.54) is 0 Å². The Morgan fingerprint density at radius 3 is 2.15 bits per heavy atom. The molecule has 0 atom stereocenters. The Morgan fingerprint density at radius 2 is 1.52 bits per heavy atom. The van der Waals surface area contributed by atoms with Gasteiger partial charge in [0.25, 0.3) is 0 Å². The van der Waals surface area contributed by atoms with E-state index in [1.54, 1.807) is 0 Å². The van der Waals surface area contributed by atoms with E-state index < -0.39 is 0 Å². The van der Waals surface area contributed by atoms with Crippen LogP contribution in [0.1, 0.15) is 25.7 Å². The first-order valence-electron chi connectivity index (χ1n) is 9.66. The van der Waals surface area contributed by atoms with Gasteiger partial charge in [0.2, 0.25) is 0 Å². The molecule has 4 N–H and O–H groups in total. The van der Waals surface area contributed by atoms with Crippen LogP contribution in [0.2, 0.25) is 0 Å². The predicted octanol–water partition coefficient (Wildman–Crippen LogP) is 3.20. The SMILES string of the molecule is CN(C)c1ccc(N=NC2=CN(CCCCN)C=CN2CCCCN)cc1. The molecule has 7 nitrogen and oxygen atoms in total. The van der Waals surface area contributed by atoms with Gasteiger partial charge < -0.3 is 26.2 Å². The van der Waals surface area contributed by atoms with Gasteiger partial charge in [0, 0.05) is 51.5 Å². The van der Waals surface area contributed by atoms with Gasteiger partial charge in [0.05, 0.1) is 5.69 Å². The molecule has 1 aromatic carbocycles. The zero-order valence-corrected chi connectivity index (χ0v) is 16.6. The molecule has 27 heavy (non-hydrogen) atoms. The van der Waals surface area contributed by atoms with Crippen molar-refractivity contribution in [3.05, 3.63) is 48.7 Å². The highest BCUT2D eigenvalue weighted by Crippen LogP contribution is 2.22. The molecule has 1 heterocycles. The van der Waals surface area contributed by atoms with E-state index >= 15 is 0 Å². The molecule has 0 aromatic heterocycles. The summed E-state index contributed by atoms with van der Waals surface area (Å²) < 4.78 is 0. The molecule has 7 heteroatoms. The average Bonchev–Trinajstić information content (AvgIpc) is 2.68. The van der Waals surface area contributed by atoms with Gasteiger partial charge in [-0.05, 0) is 63.0 Å². The van der Waals surface area contributed by atoms with Gasteiger partial charge in [-0.1, -0.05) is 0 Å². The molecule has 0 amide bonds. The number of anilines is 1. The number of nitrogens with zero attached hydrogens (tertiary/aromatic N) is 5. The molecular formula is C20H33N7. The molecule has 0 spiro atoms. The molecule has 1 aliphatic heterocycles. The maximum Gasteiger partial charge on any atom is 0.171 e. The maximum absolute atomic E-state index is 5.62. The van der Waals surface area contributed by atoms with Crippen LogP contribution in [0.25, 0.3) is 0 Å². The number of benzene rings is 1. The highest BCUT2D eigenvalue weighted by molar-refractivity contribution is 5.51. The summed E-state index contributed by atoms with van der Waals surface area (Å²) in [6.45, 7) is 3.25. The minimum Gasteiger partial charge on any atom is -0.378 e. The lowest BCUT2D eigenvalue weighted by Crippen LogP contribution is -2.26. The van der Waals surface area contributed by atoms with E-state index in [1.807, 2.05) is 38.4 Å². The normalized spacial score (nSPS) is 14.1. The van der Waals surface area contributed by atoms with Crippen LogP contribution in [0, 0.1) is 0 Å². The minimum absolute atomic E-state index is 0.710. The van der Waals surface area contributed by atoms with E-state index in [2.05, 4.69) is 43.5 Å². The van der Waals surface area contributed by atoms with Gasteiger partial charge in [0.1, 0.15) is 0 Å². The lowest BCUT2D eigenvalue weighted by Gasteiger charge is -2.28. The Kier molecular flexibility index (Phi) is 8.80. The van der Waals surface area contributed by atoms with E-state index in [9.17, 15) is 0 Å². The number of hydrogen-bond acceptors (Lipinski definition) is 7. The standard InChI is InChI=1S/C20H33N7/c1-25(2)19-9-7-18(8-10-19)23-24-20-17-26(13-5-3-11-21)15-16-27(20)14-6-4-12-22/h7-10,15-17H,3-6,11-14,21-22H2,1-2H3. The second kappa shape index (κ2) is 11.4. The van der Waals surface area contributed by atoms with Gasteiger partial charge in [-0.3, -0.25) is 0 Å². The van der Waals surface area contributed by atoms with E-state index in [0.29, 0.717) is 6.54 Å². The van der Waals surface area contributed by atoms with E-state index in [-0.39, 0.29) is 0 Å². The third kappa shape index (κ3) is 7.03. The largest absolute Gasteiger partial charge is 0.378 e. The van der Waals surface area contributed by atoms with Crippen LogP contribution in [0.4, 0.5) is 11.4 Å². The van der Waals surface area contributed by atoms with Crippen molar-refractivity contribution in [2.24, 2.45) is 21.7 Å². The lowest BCUT2D eigenvalue weighted by atomic mass is 10.2. The molecule has 1 aliphatic rings. The summed E-state index contributed by atoms with van der Waals surface area (Å²) >= 11 is 0. The molecule has 0 fully saturated rings. The van der Waals surface area contributed by atoms with Crippen molar-refractivity contribution >= 4 is 11.4 Å². The Balaban J connectivity index is 2.07. The fraction of sp³-hybridized carbons (Fsp3) is 0.500. The average molecular weight is 372 g/mol. The molecule has 148 valence electrons. The zero-order chi connectivity index (χ0) is 19.5. The molecule has 0 bridgehead atoms. The first-order chi connectivity index (χ1) is 13.1. The molecular weight excluding hydrogens is 338 g/mol. The van der Waals surface area contributed by atoms with Gasteiger partial charge in [0.15, 0.2) is 5.82 Å². The van der Waals surface area contributed by atoms with Gasteiger partial charge in [-0.25, -0.2) is 0 Å². The number of hydrogen-bond donors (Lipinski definition) is 2. The number of unbranched alkanes of at least 4 members (excludes halogenated alkanes) is 2. The number of rotatable bonds is 11. The molecule has 0 aliphatic carbocycles. The van der Waals surface area contributed by atoms with Gasteiger partial charge >= 0.3 is 0 Å². The molecule has 1 aromatic rings. The summed E-state index contributed by atoms with van der Waals surface area (Å²) in [6, 6.07) is 8.05. The monoisotopic (exact) mass is 371 g/mol. The van der Waals surface area contributed by atoms with Crippen LogP contribution >= 0.6 is 0 Å². The van der Waals surface area contributed by atoms with Crippen LogP contribution < -0.4 is 16.4 Å². The Labute approximate surface area is 163 Å². The van der Waals surface area contributed by atoms with Crippen LogP contribution in [0.5, 0.6) is 0 Å². The minimum atomic E-state index is 0.710. The topological polar surface area (TPSA) is 86.5 Å². The Morgan fingerprint density at radius 1 is 0.852 bits per heavy atom. The maximum atomic E-state index is 5.62. The third-order valence-electron chi connectivity index (χ3n) is 4.37. The number of azo groups is 1. The summed E-state index contributed by atoms with van der Waals surface area (Å²) in [5, 5.41) is 8.95. The van der Waals surface area contributed by atoms with Crippen molar-refractivity contribution in [1.29, 1.82) is 0 Å². The van der Waals surface area contributed by atoms with Crippen molar-refractivity contribution in [1.82, 2.24) is 9.80 Å². The fourth-order valence-corrected chi connectivity index (χ4v) is 2.71. The lowest BCUT2D eigenvalue weighted by molar-refractivity contribution is 0.373. The highest BCUT2D eigenvalue weighted by Gasteiger charge is 2.13. The summed E-state index contributed by atoms with van der Waals surface area (Å²) in [7, 11) is 4.04. The summed E-state index contributed by atoms with van der Waals surface area (Å²) in [5.74, 6) is 0.846. The molecule has 0 saturated heterocycles. The molecule has 2 rings (SSSR count). The smallest absolute Gasteiger partial charge is 0.171 e. The number of nitrogens with two attached hydrogens (primary N) is 2. The zero-order valence-electron chi connectivity index (χ0n) is 16.6. The van der Waals surface area contributed by atoms with E-state index in [0.717, 1.165) is 62.5 Å². The summed E-state index contributed by atoms with van der Waals surface area (Å²) in [4.78, 5) is 6.35. The Hall–Kier alpha value is -2.38. The Bertz CT molecular complexity index is 634. The first-order valence-corrected chi connectivity index (χ1v) is 9.66. The van der Waals surface area contributed by atoms with E-state index in [4.69, 9.17) is 11.5 Å². The van der Waals surface area contributed by atoms with Crippen LogP contribution in [0.3, 0.4) is 0 Å². The summed E-state index contributed by atoms with van der Waals surface area (Å²) in [5.41, 5.74) is 13.2. The molecule has 0 saturated carbocycles. The van der Waals surface area contributed by atoms with Crippen LogP contribution in [-0.2, 0) is 0 Å². The fourth-order valence-electron chi connectivity index (χ4n) is 2.71. The first kappa shape index (κ1) is 20.9. The second-order valence-electron chi connectivity index (χ2n) is 6.82. The van der Waals surface area contributed by atoms with Crippen LogP contribution in [0.15, 0.2) is 58.9 Å². The van der Waals surface area contributed by atoms with Crippen molar-refractivity contribution in [3.8, 4) is 0 Å². The van der Waals surface area contributed by atoms with Crippen LogP contribution in [-0.4, -0.2) is 50.1 Å². The predicted molar refractivity (Wildman–Crippen MR) is 112 cm³/mol. The molecule has 0 unspecified atom stereocenters. The highest BCUT2D eigenvalue weighted by atomic mass is 15.3. The summed E-state index contributed by atoms with van der Waals surface area (Å²) in [6.07, 6.45) is 10.3. The van der Waals surface area contributed by atoms with Crippen molar-refractivity contribution < 1.29 is 0 Å². The third-order valence-corrected chi connectivity index (χ3v) is 4.37. The van der Waals surface area contributed by atoms with Gasteiger partial charge in [-0.2, -0.15) is 0 Å². The van der Waals surface area contributed by atoms with Crippen molar-refractivity contribution in [2.75, 3.05) is 45.2 Å². The second-order valence-corrected chi connectivity index (χ2v) is 6.82.